The molecule has 0 N–H and O–H groups in total. The lowest BCUT2D eigenvalue weighted by molar-refractivity contribution is -0.398. The molecule has 0 amide bonds. The number of ether oxygens (including phenoxy) is 1. The zero-order valence-corrected chi connectivity index (χ0v) is 11.8. The molecule has 106 valence electrons. The van der Waals surface area contributed by atoms with E-state index < -0.39 is 10.4 Å². The van der Waals surface area contributed by atoms with Gasteiger partial charge in [0.15, 0.2) is 6.21 Å². The minimum Gasteiger partial charge on any atom is -0.726 e. The summed E-state index contributed by atoms with van der Waals surface area (Å²) in [5.41, 5.74) is 1.16. The molecule has 0 saturated carbocycles. The molecule has 19 heavy (non-hydrogen) atoms. The lowest BCUT2D eigenvalue weighted by Crippen LogP contribution is -1.97. The van der Waals surface area contributed by atoms with Gasteiger partial charge in [-0.1, -0.05) is 18.2 Å². The standard InChI is InChI=1S/C11H14NO.CH4O4S/c1-12(9-6-10-13-2)11-7-4-3-5-8-11;1-5-6(2,3)4/h3-10H,1-2H3;1H3,(H,2,3,4)/q+1;/p-1. The molecule has 0 aliphatic carbocycles. The Morgan fingerprint density at radius 3 is 2.16 bits per heavy atom. The van der Waals surface area contributed by atoms with E-state index in [9.17, 15) is 13.0 Å². The van der Waals surface area contributed by atoms with Crippen LogP contribution < -0.4 is 0 Å². The van der Waals surface area contributed by atoms with Crippen LogP contribution in [0.5, 0.6) is 0 Å². The molecule has 0 atom stereocenters. The lowest BCUT2D eigenvalue weighted by atomic mass is 10.3. The van der Waals surface area contributed by atoms with Crippen molar-refractivity contribution in [2.75, 3.05) is 21.3 Å². The molecular formula is C12H17NO5S. The number of benzene rings is 1. The van der Waals surface area contributed by atoms with E-state index in [1.807, 2.05) is 42.1 Å². The van der Waals surface area contributed by atoms with E-state index in [0.29, 0.717) is 0 Å². The highest BCUT2D eigenvalue weighted by Crippen LogP contribution is 2.06. The van der Waals surface area contributed by atoms with Crippen molar-refractivity contribution in [1.82, 2.24) is 0 Å². The van der Waals surface area contributed by atoms with Gasteiger partial charge < -0.3 is 9.29 Å². The van der Waals surface area contributed by atoms with Crippen LogP contribution in [-0.4, -0.2) is 45.0 Å². The van der Waals surface area contributed by atoms with Gasteiger partial charge in [0, 0.05) is 18.2 Å². The minimum atomic E-state index is -4.41. The SMILES string of the molecule is COC=CC=[N+](C)c1ccccc1.COS(=O)(=O)[O-]. The van der Waals surface area contributed by atoms with Gasteiger partial charge in [-0.2, -0.15) is 0 Å². The van der Waals surface area contributed by atoms with E-state index in [4.69, 9.17) is 4.74 Å². The average molecular weight is 287 g/mol. The van der Waals surface area contributed by atoms with E-state index in [1.54, 1.807) is 13.4 Å². The third-order valence-electron chi connectivity index (χ3n) is 1.89. The number of nitrogens with zero attached hydrogens (tertiary/aromatic N) is 1. The van der Waals surface area contributed by atoms with Crippen LogP contribution in [0.4, 0.5) is 5.69 Å². The molecule has 0 spiro atoms. The van der Waals surface area contributed by atoms with Crippen molar-refractivity contribution in [3.05, 3.63) is 42.7 Å². The number of hydrogen-bond acceptors (Lipinski definition) is 5. The van der Waals surface area contributed by atoms with Crippen LogP contribution in [0.2, 0.25) is 0 Å². The molecule has 0 aliphatic rings. The molecular weight excluding hydrogens is 270 g/mol. The van der Waals surface area contributed by atoms with Crippen molar-refractivity contribution in [1.29, 1.82) is 0 Å². The normalized spacial score (nSPS) is 11.9. The second-order valence-corrected chi connectivity index (χ2v) is 4.38. The molecule has 0 unspecified atom stereocenters. The molecule has 1 aromatic rings. The van der Waals surface area contributed by atoms with E-state index in [0.717, 1.165) is 12.8 Å². The molecule has 7 heteroatoms. The maximum absolute atomic E-state index is 9.22. The summed E-state index contributed by atoms with van der Waals surface area (Å²) >= 11 is 0. The quantitative estimate of drug-likeness (QED) is 0.274. The summed E-state index contributed by atoms with van der Waals surface area (Å²) < 4.78 is 37.8. The van der Waals surface area contributed by atoms with Gasteiger partial charge in [-0.3, -0.25) is 4.18 Å². The zero-order valence-electron chi connectivity index (χ0n) is 11.0. The monoisotopic (exact) mass is 287 g/mol. The second-order valence-electron chi connectivity index (χ2n) is 3.23. The predicted molar refractivity (Wildman–Crippen MR) is 71.2 cm³/mol. The van der Waals surface area contributed by atoms with Crippen molar-refractivity contribution >= 4 is 22.3 Å². The molecule has 0 aliphatic heterocycles. The molecule has 0 aromatic heterocycles. The smallest absolute Gasteiger partial charge is 0.217 e. The van der Waals surface area contributed by atoms with Gasteiger partial charge in [0.05, 0.1) is 20.5 Å². The Morgan fingerprint density at radius 1 is 1.21 bits per heavy atom. The van der Waals surface area contributed by atoms with Crippen molar-refractivity contribution < 1.29 is 26.5 Å². The van der Waals surface area contributed by atoms with Crippen LogP contribution in [0, 0.1) is 0 Å². The summed E-state index contributed by atoms with van der Waals surface area (Å²) in [6, 6.07) is 10.1. The Labute approximate surface area is 113 Å². The zero-order chi connectivity index (χ0) is 14.7. The van der Waals surface area contributed by atoms with Gasteiger partial charge in [0.2, 0.25) is 16.1 Å². The Kier molecular flexibility index (Phi) is 8.43. The number of methoxy groups -OCH3 is 1. The Balaban J connectivity index is 0.000000459. The van der Waals surface area contributed by atoms with Crippen LogP contribution in [0.25, 0.3) is 0 Å². The number of hydrogen-bond donors (Lipinski definition) is 0. The van der Waals surface area contributed by atoms with Crippen molar-refractivity contribution in [3.63, 3.8) is 0 Å². The largest absolute Gasteiger partial charge is 0.726 e. The summed E-state index contributed by atoms with van der Waals surface area (Å²) in [6.07, 6.45) is 5.44. The third kappa shape index (κ3) is 9.95. The van der Waals surface area contributed by atoms with Gasteiger partial charge in [-0.15, -0.1) is 0 Å². The Morgan fingerprint density at radius 2 is 1.74 bits per heavy atom. The molecule has 0 saturated heterocycles. The fraction of sp³-hybridized carbons (Fsp3) is 0.250. The summed E-state index contributed by atoms with van der Waals surface area (Å²) in [5.74, 6) is 0. The minimum absolute atomic E-state index is 0.808. The van der Waals surface area contributed by atoms with E-state index in [1.165, 1.54) is 0 Å². The average Bonchev–Trinajstić information content (AvgIpc) is 2.40. The molecule has 6 nitrogen and oxygen atoms in total. The highest BCUT2D eigenvalue weighted by atomic mass is 32.3. The van der Waals surface area contributed by atoms with Gasteiger partial charge >= 0.3 is 0 Å². The summed E-state index contributed by atoms with van der Waals surface area (Å²) in [5, 5.41) is 0. The number of para-hydroxylation sites is 1. The molecule has 1 aromatic carbocycles. The summed E-state index contributed by atoms with van der Waals surface area (Å²) in [6.45, 7) is 0. The molecule has 1 rings (SSSR count). The van der Waals surface area contributed by atoms with E-state index >= 15 is 0 Å². The lowest BCUT2D eigenvalue weighted by Gasteiger charge is -1.98. The molecule has 0 radical (unpaired) electrons. The Bertz CT molecular complexity index is 508. The fourth-order valence-corrected chi connectivity index (χ4v) is 0.992. The van der Waals surface area contributed by atoms with Crippen LogP contribution in [0.15, 0.2) is 42.7 Å². The Hall–Kier alpha value is -1.70. The van der Waals surface area contributed by atoms with E-state index in [2.05, 4.69) is 16.3 Å². The number of allylic oxidation sites excluding steroid dienone is 1. The van der Waals surface area contributed by atoms with Gasteiger partial charge in [-0.05, 0) is 0 Å². The van der Waals surface area contributed by atoms with Crippen molar-refractivity contribution in [2.24, 2.45) is 0 Å². The molecule has 0 fully saturated rings. The van der Waals surface area contributed by atoms with E-state index in [-0.39, 0.29) is 0 Å². The first kappa shape index (κ1) is 17.3. The summed E-state index contributed by atoms with van der Waals surface area (Å²) in [7, 11) is 0.0230. The first-order chi connectivity index (χ1) is 8.90. The predicted octanol–water partition coefficient (Wildman–Crippen LogP) is 1.28. The van der Waals surface area contributed by atoms with Crippen LogP contribution in [0.1, 0.15) is 0 Å². The van der Waals surface area contributed by atoms with Crippen LogP contribution >= 0.6 is 0 Å². The van der Waals surface area contributed by atoms with Crippen molar-refractivity contribution in [3.8, 4) is 0 Å². The third-order valence-corrected chi connectivity index (χ3v) is 2.30. The molecule has 0 heterocycles. The highest BCUT2D eigenvalue weighted by molar-refractivity contribution is 7.80. The first-order valence-electron chi connectivity index (χ1n) is 5.23. The van der Waals surface area contributed by atoms with Gasteiger partial charge in [0.1, 0.15) is 7.05 Å². The highest BCUT2D eigenvalue weighted by Gasteiger charge is 1.97. The first-order valence-corrected chi connectivity index (χ1v) is 6.56. The van der Waals surface area contributed by atoms with Gasteiger partial charge in [-0.25, -0.2) is 13.0 Å². The van der Waals surface area contributed by atoms with Crippen molar-refractivity contribution in [2.45, 2.75) is 0 Å². The fourth-order valence-electron chi connectivity index (χ4n) is 0.992. The van der Waals surface area contributed by atoms with Gasteiger partial charge in [0.25, 0.3) is 0 Å². The summed E-state index contributed by atoms with van der Waals surface area (Å²) in [4.78, 5) is 0. The van der Waals surface area contributed by atoms with Crippen LogP contribution in [0.3, 0.4) is 0 Å². The topological polar surface area (TPSA) is 78.7 Å². The maximum atomic E-state index is 9.22. The number of rotatable bonds is 4. The maximum Gasteiger partial charge on any atom is 0.217 e. The van der Waals surface area contributed by atoms with Crippen LogP contribution in [-0.2, 0) is 19.3 Å². The molecule has 0 bridgehead atoms. The second kappa shape index (κ2) is 9.26.